The van der Waals surface area contributed by atoms with Gasteiger partial charge in [0.05, 0.1) is 6.54 Å². The predicted molar refractivity (Wildman–Crippen MR) is 114 cm³/mol. The zero-order valence-corrected chi connectivity index (χ0v) is 17.3. The van der Waals surface area contributed by atoms with Crippen LogP contribution in [0.25, 0.3) is 0 Å². The summed E-state index contributed by atoms with van der Waals surface area (Å²) < 4.78 is 0. The van der Waals surface area contributed by atoms with Crippen molar-refractivity contribution >= 4 is 35.8 Å². The highest BCUT2D eigenvalue weighted by Gasteiger charge is 2.06. The fourth-order valence-electron chi connectivity index (χ4n) is 2.09. The Balaban J connectivity index is 0.00000576. The molecule has 1 amide bonds. The summed E-state index contributed by atoms with van der Waals surface area (Å²) in [6, 6.07) is 6.17. The summed E-state index contributed by atoms with van der Waals surface area (Å²) in [5.74, 6) is 0.806. The molecule has 3 N–H and O–H groups in total. The summed E-state index contributed by atoms with van der Waals surface area (Å²) in [6.45, 7) is 8.40. The lowest BCUT2D eigenvalue weighted by atomic mass is 10.2. The monoisotopic (exact) mass is 460 g/mol. The number of halogens is 1. The van der Waals surface area contributed by atoms with Crippen LogP contribution in [0.4, 0.5) is 0 Å². The minimum Gasteiger partial charge on any atom is -0.508 e. The summed E-state index contributed by atoms with van der Waals surface area (Å²) in [5.41, 5.74) is 0.519. The van der Waals surface area contributed by atoms with Gasteiger partial charge >= 0.3 is 0 Å². The average molecular weight is 460 g/mol. The number of carbonyl (C=O) groups is 1. The van der Waals surface area contributed by atoms with E-state index in [2.05, 4.69) is 27.1 Å². The molecular weight excluding hydrogens is 431 g/mol. The molecule has 140 valence electrons. The Morgan fingerprint density at radius 2 is 2.00 bits per heavy atom. The van der Waals surface area contributed by atoms with Gasteiger partial charge in [0.2, 0.25) is 0 Å². The molecule has 0 unspecified atom stereocenters. The maximum atomic E-state index is 12.0. The molecule has 0 aliphatic rings. The summed E-state index contributed by atoms with van der Waals surface area (Å²) in [6.07, 6.45) is 3.92. The number of nitrogens with one attached hydrogen (secondary N) is 2. The lowest BCUT2D eigenvalue weighted by Crippen LogP contribution is -2.40. The normalized spacial score (nSPS) is 10.6. The number of amides is 1. The minimum absolute atomic E-state index is 0. The molecule has 0 saturated heterocycles. The smallest absolute Gasteiger partial charge is 0.251 e. The van der Waals surface area contributed by atoms with E-state index in [1.165, 1.54) is 12.1 Å². The second kappa shape index (κ2) is 13.5. The number of benzene rings is 1. The predicted octanol–water partition coefficient (Wildman–Crippen LogP) is 2.60. The lowest BCUT2D eigenvalue weighted by Gasteiger charge is -2.21. The molecule has 6 nitrogen and oxygen atoms in total. The van der Waals surface area contributed by atoms with Crippen LogP contribution < -0.4 is 10.6 Å². The van der Waals surface area contributed by atoms with Crippen molar-refractivity contribution in [1.29, 1.82) is 0 Å². The molecule has 0 aliphatic carbocycles. The highest BCUT2D eigenvalue weighted by molar-refractivity contribution is 14.0. The topological polar surface area (TPSA) is 77.0 Å². The van der Waals surface area contributed by atoms with E-state index >= 15 is 0 Å². The van der Waals surface area contributed by atoms with Crippen molar-refractivity contribution in [3.8, 4) is 5.75 Å². The SMILES string of the molecule is C=CCCCN(C)C(=NCCNC(=O)c1ccc(O)cc1)NCC.I. The van der Waals surface area contributed by atoms with E-state index in [4.69, 9.17) is 0 Å². The number of phenolic OH excluding ortho intramolecular Hbond substituents is 1. The summed E-state index contributed by atoms with van der Waals surface area (Å²) in [4.78, 5) is 18.6. The number of carbonyl (C=O) groups excluding carboxylic acids is 1. The molecule has 0 radical (unpaired) electrons. The Hall–Kier alpha value is -1.77. The number of guanidine groups is 1. The summed E-state index contributed by atoms with van der Waals surface area (Å²) >= 11 is 0. The first-order valence-corrected chi connectivity index (χ1v) is 8.26. The molecular formula is C18H29IN4O2. The zero-order valence-electron chi connectivity index (χ0n) is 15.0. The van der Waals surface area contributed by atoms with Gasteiger partial charge in [-0.1, -0.05) is 6.08 Å². The third-order valence-corrected chi connectivity index (χ3v) is 3.39. The van der Waals surface area contributed by atoms with Crippen molar-refractivity contribution in [2.45, 2.75) is 19.8 Å². The van der Waals surface area contributed by atoms with Crippen molar-refractivity contribution in [3.63, 3.8) is 0 Å². The Morgan fingerprint density at radius 3 is 2.60 bits per heavy atom. The van der Waals surface area contributed by atoms with E-state index in [0.29, 0.717) is 18.7 Å². The largest absolute Gasteiger partial charge is 0.508 e. The molecule has 0 spiro atoms. The number of rotatable bonds is 9. The number of hydrogen-bond donors (Lipinski definition) is 3. The van der Waals surface area contributed by atoms with Crippen molar-refractivity contribution in [3.05, 3.63) is 42.5 Å². The molecule has 1 aromatic carbocycles. The Morgan fingerprint density at radius 1 is 1.32 bits per heavy atom. The van der Waals surface area contributed by atoms with Gasteiger partial charge in [-0.3, -0.25) is 9.79 Å². The van der Waals surface area contributed by atoms with E-state index in [1.54, 1.807) is 12.1 Å². The van der Waals surface area contributed by atoms with Crippen molar-refractivity contribution in [1.82, 2.24) is 15.5 Å². The quantitative estimate of drug-likeness (QED) is 0.174. The number of allylic oxidation sites excluding steroid dienone is 1. The van der Waals surface area contributed by atoms with E-state index in [9.17, 15) is 9.90 Å². The number of phenols is 1. The molecule has 7 heteroatoms. The van der Waals surface area contributed by atoms with Gasteiger partial charge in [-0.25, -0.2) is 0 Å². The maximum Gasteiger partial charge on any atom is 0.251 e. The van der Waals surface area contributed by atoms with Gasteiger partial charge in [0, 0.05) is 32.2 Å². The van der Waals surface area contributed by atoms with Gasteiger partial charge in [0.25, 0.3) is 5.91 Å². The van der Waals surface area contributed by atoms with Crippen molar-refractivity contribution in [2.75, 3.05) is 33.2 Å². The first kappa shape index (κ1) is 23.2. The van der Waals surface area contributed by atoms with Crippen molar-refractivity contribution in [2.24, 2.45) is 4.99 Å². The molecule has 1 rings (SSSR count). The molecule has 0 saturated carbocycles. The standard InChI is InChI=1S/C18H28N4O2.HI/c1-4-6-7-14-22(3)18(19-5-2)21-13-12-20-17(24)15-8-10-16(23)11-9-15;/h4,8-11,23H,1,5-7,12-14H2,2-3H3,(H,19,21)(H,20,24);1H. The Bertz CT molecular complexity index is 547. The van der Waals surface area contributed by atoms with Crippen LogP contribution in [0.5, 0.6) is 5.75 Å². The van der Waals surface area contributed by atoms with Crippen LogP contribution in [0.2, 0.25) is 0 Å². The first-order valence-electron chi connectivity index (χ1n) is 8.26. The fourth-order valence-corrected chi connectivity index (χ4v) is 2.09. The highest BCUT2D eigenvalue weighted by Crippen LogP contribution is 2.09. The van der Waals surface area contributed by atoms with Crippen LogP contribution >= 0.6 is 24.0 Å². The van der Waals surface area contributed by atoms with Gasteiger partial charge in [-0.15, -0.1) is 30.6 Å². The van der Waals surface area contributed by atoms with Crippen LogP contribution in [0.3, 0.4) is 0 Å². The van der Waals surface area contributed by atoms with Gasteiger partial charge in [-0.05, 0) is 44.0 Å². The number of hydrogen-bond acceptors (Lipinski definition) is 3. The zero-order chi connectivity index (χ0) is 17.8. The van der Waals surface area contributed by atoms with Crippen LogP contribution in [0, 0.1) is 0 Å². The summed E-state index contributed by atoms with van der Waals surface area (Å²) in [5, 5.41) is 15.3. The molecule has 0 aromatic heterocycles. The van der Waals surface area contributed by atoms with Gasteiger partial charge in [0.1, 0.15) is 5.75 Å². The third kappa shape index (κ3) is 9.33. The summed E-state index contributed by atoms with van der Waals surface area (Å²) in [7, 11) is 2.00. The van der Waals surface area contributed by atoms with Crippen LogP contribution in [-0.2, 0) is 0 Å². The molecule has 0 fully saturated rings. The van der Waals surface area contributed by atoms with Gasteiger partial charge in [0.15, 0.2) is 5.96 Å². The van der Waals surface area contributed by atoms with Gasteiger partial charge in [-0.2, -0.15) is 0 Å². The first-order chi connectivity index (χ1) is 11.6. The molecule has 1 aromatic rings. The highest BCUT2D eigenvalue weighted by atomic mass is 127. The molecule has 25 heavy (non-hydrogen) atoms. The van der Waals surface area contributed by atoms with Crippen LogP contribution in [0.1, 0.15) is 30.1 Å². The van der Waals surface area contributed by atoms with E-state index in [-0.39, 0.29) is 35.6 Å². The maximum absolute atomic E-state index is 12.0. The number of unbranched alkanes of at least 4 members (excludes halogenated alkanes) is 1. The number of aromatic hydroxyl groups is 1. The van der Waals surface area contributed by atoms with Gasteiger partial charge < -0.3 is 20.6 Å². The lowest BCUT2D eigenvalue weighted by molar-refractivity contribution is 0.0955. The number of nitrogens with zero attached hydrogens (tertiary/aromatic N) is 2. The Kier molecular flexibility index (Phi) is 12.6. The third-order valence-electron chi connectivity index (χ3n) is 3.39. The van der Waals surface area contributed by atoms with E-state index < -0.39 is 0 Å². The second-order valence-electron chi connectivity index (χ2n) is 5.39. The van der Waals surface area contributed by atoms with Crippen LogP contribution in [-0.4, -0.2) is 55.1 Å². The average Bonchev–Trinajstić information content (AvgIpc) is 2.58. The molecule has 0 aliphatic heterocycles. The second-order valence-corrected chi connectivity index (χ2v) is 5.39. The van der Waals surface area contributed by atoms with Crippen molar-refractivity contribution < 1.29 is 9.90 Å². The van der Waals surface area contributed by atoms with E-state index in [1.807, 2.05) is 20.0 Å². The number of aliphatic imine (C=N–C) groups is 1. The molecule has 0 heterocycles. The minimum atomic E-state index is -0.172. The van der Waals surface area contributed by atoms with Crippen LogP contribution in [0.15, 0.2) is 41.9 Å². The fraction of sp³-hybridized carbons (Fsp3) is 0.444. The molecule has 0 atom stereocenters. The molecule has 0 bridgehead atoms. The van der Waals surface area contributed by atoms with E-state index in [0.717, 1.165) is 31.9 Å². The Labute approximate surface area is 167 Å².